The fourth-order valence-electron chi connectivity index (χ4n) is 2.76. The Morgan fingerprint density at radius 1 is 1.20 bits per heavy atom. The summed E-state index contributed by atoms with van der Waals surface area (Å²) in [6.45, 7) is 8.41. The van der Waals surface area contributed by atoms with Gasteiger partial charge in [-0.05, 0) is 12.0 Å². The van der Waals surface area contributed by atoms with Crippen LogP contribution in [0.4, 0.5) is 4.39 Å². The Morgan fingerprint density at radius 2 is 1.80 bits per heavy atom. The third kappa shape index (κ3) is 4.59. The van der Waals surface area contributed by atoms with E-state index >= 15 is 0 Å². The zero-order valence-corrected chi connectivity index (χ0v) is 13.8. The summed E-state index contributed by atoms with van der Waals surface area (Å²) in [5.41, 5.74) is 0.855. The van der Waals surface area contributed by atoms with Crippen LogP contribution < -0.4 is 5.32 Å². The molecule has 1 aromatic carbocycles. The molecular formula is C15H25Cl2FN2. The molecule has 2 atom stereocenters. The molecule has 1 fully saturated rings. The first-order valence-corrected chi connectivity index (χ1v) is 6.93. The van der Waals surface area contributed by atoms with Gasteiger partial charge >= 0.3 is 0 Å². The van der Waals surface area contributed by atoms with Crippen molar-refractivity contribution in [3.63, 3.8) is 0 Å². The molecule has 0 radical (unpaired) electrons. The number of benzene rings is 1. The summed E-state index contributed by atoms with van der Waals surface area (Å²) in [7, 11) is 0. The molecule has 1 unspecified atom stereocenters. The number of halogens is 3. The number of rotatable bonds is 4. The van der Waals surface area contributed by atoms with E-state index in [1.807, 2.05) is 12.1 Å². The summed E-state index contributed by atoms with van der Waals surface area (Å²) in [5, 5.41) is 3.36. The van der Waals surface area contributed by atoms with Gasteiger partial charge in [-0.1, -0.05) is 38.5 Å². The first-order chi connectivity index (χ1) is 8.74. The molecular weight excluding hydrogens is 298 g/mol. The topological polar surface area (TPSA) is 15.3 Å². The number of hydrogen-bond donors (Lipinski definition) is 1. The van der Waals surface area contributed by atoms with Crippen LogP contribution in [0.2, 0.25) is 0 Å². The lowest BCUT2D eigenvalue weighted by Gasteiger charge is -2.38. The molecule has 1 aromatic rings. The molecule has 1 aliphatic rings. The van der Waals surface area contributed by atoms with Gasteiger partial charge in [0.15, 0.2) is 0 Å². The highest BCUT2D eigenvalue weighted by molar-refractivity contribution is 5.85. The average Bonchev–Trinajstić information content (AvgIpc) is 2.42. The van der Waals surface area contributed by atoms with E-state index in [1.165, 1.54) is 0 Å². The molecule has 116 valence electrons. The zero-order valence-electron chi connectivity index (χ0n) is 12.1. The molecule has 2 nitrogen and oxygen atoms in total. The van der Waals surface area contributed by atoms with Gasteiger partial charge in [0.05, 0.1) is 0 Å². The minimum atomic E-state index is -0.0682. The highest BCUT2D eigenvalue weighted by Crippen LogP contribution is 2.32. The lowest BCUT2D eigenvalue weighted by Crippen LogP contribution is -2.46. The number of piperazine rings is 1. The van der Waals surface area contributed by atoms with Crippen LogP contribution in [0.3, 0.4) is 0 Å². The number of hydrogen-bond acceptors (Lipinski definition) is 2. The van der Waals surface area contributed by atoms with Crippen molar-refractivity contribution < 1.29 is 4.39 Å². The molecule has 1 N–H and O–H groups in total. The molecule has 1 saturated heterocycles. The van der Waals surface area contributed by atoms with Crippen LogP contribution in [0.25, 0.3) is 0 Å². The maximum absolute atomic E-state index is 14.0. The van der Waals surface area contributed by atoms with Crippen LogP contribution >= 0.6 is 24.8 Å². The van der Waals surface area contributed by atoms with Crippen molar-refractivity contribution in [2.24, 2.45) is 5.92 Å². The molecule has 1 aliphatic heterocycles. The van der Waals surface area contributed by atoms with Crippen molar-refractivity contribution in [1.29, 1.82) is 0 Å². The largest absolute Gasteiger partial charge is 0.314 e. The molecule has 0 aromatic heterocycles. The Bertz CT molecular complexity index is 384. The second-order valence-corrected chi connectivity index (χ2v) is 5.14. The summed E-state index contributed by atoms with van der Waals surface area (Å²) in [4.78, 5) is 2.42. The maximum Gasteiger partial charge on any atom is 0.127 e. The van der Waals surface area contributed by atoms with E-state index in [0.717, 1.165) is 38.2 Å². The summed E-state index contributed by atoms with van der Waals surface area (Å²) < 4.78 is 14.0. The molecule has 0 saturated carbocycles. The normalized spacial score (nSPS) is 18.6. The highest BCUT2D eigenvalue weighted by Gasteiger charge is 2.28. The van der Waals surface area contributed by atoms with Crippen molar-refractivity contribution in [3.05, 3.63) is 35.6 Å². The molecule has 0 bridgehead atoms. The Kier molecular flexibility index (Phi) is 9.39. The predicted octanol–water partition coefficient (Wildman–Crippen LogP) is 3.66. The fourth-order valence-corrected chi connectivity index (χ4v) is 2.76. The Labute approximate surface area is 133 Å². The van der Waals surface area contributed by atoms with Crippen LogP contribution in [0.5, 0.6) is 0 Å². The Balaban J connectivity index is 0.00000180. The second-order valence-electron chi connectivity index (χ2n) is 5.14. The Morgan fingerprint density at radius 3 is 2.35 bits per heavy atom. The van der Waals surface area contributed by atoms with Gasteiger partial charge in [0.1, 0.15) is 5.82 Å². The second kappa shape index (κ2) is 9.56. The van der Waals surface area contributed by atoms with Gasteiger partial charge in [-0.25, -0.2) is 4.39 Å². The van der Waals surface area contributed by atoms with E-state index in [2.05, 4.69) is 24.1 Å². The zero-order chi connectivity index (χ0) is 13.0. The van der Waals surface area contributed by atoms with Crippen LogP contribution in [0.15, 0.2) is 24.3 Å². The van der Waals surface area contributed by atoms with Gasteiger partial charge in [0.25, 0.3) is 0 Å². The lowest BCUT2D eigenvalue weighted by molar-refractivity contribution is 0.125. The van der Waals surface area contributed by atoms with Gasteiger partial charge in [-0.3, -0.25) is 4.90 Å². The van der Waals surface area contributed by atoms with Gasteiger partial charge in [-0.2, -0.15) is 0 Å². The maximum atomic E-state index is 14.0. The molecule has 0 amide bonds. The van der Waals surface area contributed by atoms with Crippen molar-refractivity contribution in [2.75, 3.05) is 26.2 Å². The van der Waals surface area contributed by atoms with Gasteiger partial charge in [0, 0.05) is 37.8 Å². The van der Waals surface area contributed by atoms with E-state index in [0.29, 0.717) is 5.92 Å². The summed E-state index contributed by atoms with van der Waals surface area (Å²) in [5.74, 6) is 0.404. The minimum Gasteiger partial charge on any atom is -0.314 e. The van der Waals surface area contributed by atoms with Crippen LogP contribution in [-0.2, 0) is 0 Å². The predicted molar refractivity (Wildman–Crippen MR) is 87.5 cm³/mol. The third-order valence-electron chi connectivity index (χ3n) is 3.95. The minimum absolute atomic E-state index is 0. The number of nitrogens with one attached hydrogen (secondary N) is 1. The smallest absolute Gasteiger partial charge is 0.127 e. The summed E-state index contributed by atoms with van der Waals surface area (Å²) in [6.07, 6.45) is 1.07. The van der Waals surface area contributed by atoms with Crippen molar-refractivity contribution in [1.82, 2.24) is 10.2 Å². The monoisotopic (exact) mass is 322 g/mol. The van der Waals surface area contributed by atoms with E-state index < -0.39 is 0 Å². The number of nitrogens with zero attached hydrogens (tertiary/aromatic N) is 1. The van der Waals surface area contributed by atoms with Crippen LogP contribution in [0, 0.1) is 11.7 Å². The van der Waals surface area contributed by atoms with E-state index in [1.54, 1.807) is 12.1 Å². The SMILES string of the molecule is CCC(C)[C@H](c1ccccc1F)N1CCNCC1.Cl.Cl. The molecule has 5 heteroatoms. The first-order valence-electron chi connectivity index (χ1n) is 6.93. The van der Waals surface area contributed by atoms with E-state index in [-0.39, 0.29) is 36.7 Å². The standard InChI is InChI=1S/C15H23FN2.2ClH/c1-3-12(2)15(18-10-8-17-9-11-18)13-6-4-5-7-14(13)16;;/h4-7,12,15,17H,3,8-11H2,1-2H3;2*1H/t12?,15-;;/m1../s1. The highest BCUT2D eigenvalue weighted by atomic mass is 35.5. The van der Waals surface area contributed by atoms with E-state index in [4.69, 9.17) is 0 Å². The van der Waals surface area contributed by atoms with Gasteiger partial charge in [0.2, 0.25) is 0 Å². The molecule has 1 heterocycles. The molecule has 0 spiro atoms. The lowest BCUT2D eigenvalue weighted by atomic mass is 9.90. The molecule has 0 aliphatic carbocycles. The Hall–Kier alpha value is -0.350. The van der Waals surface area contributed by atoms with E-state index in [9.17, 15) is 4.39 Å². The fraction of sp³-hybridized carbons (Fsp3) is 0.600. The first kappa shape index (κ1) is 19.7. The van der Waals surface area contributed by atoms with Gasteiger partial charge < -0.3 is 5.32 Å². The van der Waals surface area contributed by atoms with Crippen molar-refractivity contribution in [3.8, 4) is 0 Å². The average molecular weight is 323 g/mol. The summed E-state index contributed by atoms with van der Waals surface area (Å²) in [6, 6.07) is 7.43. The molecule has 2 rings (SSSR count). The quantitative estimate of drug-likeness (QED) is 0.910. The van der Waals surface area contributed by atoms with Crippen molar-refractivity contribution in [2.45, 2.75) is 26.3 Å². The van der Waals surface area contributed by atoms with Gasteiger partial charge in [-0.15, -0.1) is 24.8 Å². The molecule has 20 heavy (non-hydrogen) atoms. The van der Waals surface area contributed by atoms with Crippen LogP contribution in [0.1, 0.15) is 31.9 Å². The van der Waals surface area contributed by atoms with Crippen molar-refractivity contribution >= 4 is 24.8 Å². The third-order valence-corrected chi connectivity index (χ3v) is 3.95. The van der Waals surface area contributed by atoms with Crippen LogP contribution in [-0.4, -0.2) is 31.1 Å². The summed E-state index contributed by atoms with van der Waals surface area (Å²) >= 11 is 0.